The number of alkyl halides is 3. The van der Waals surface area contributed by atoms with Crippen LogP contribution in [-0.4, -0.2) is 34.3 Å². The molecular weight excluding hydrogens is 421 g/mol. The first-order valence-electron chi connectivity index (χ1n) is 8.77. The van der Waals surface area contributed by atoms with Gasteiger partial charge in [-0.05, 0) is 24.3 Å². The Morgan fingerprint density at radius 2 is 1.71 bits per heavy atom. The van der Waals surface area contributed by atoms with Gasteiger partial charge in [-0.25, -0.2) is 4.90 Å². The lowest BCUT2D eigenvalue weighted by atomic mass is 9.92. The van der Waals surface area contributed by atoms with E-state index in [0.717, 1.165) is 42.5 Å². The summed E-state index contributed by atoms with van der Waals surface area (Å²) in [7, 11) is 0. The number of non-ortho nitro benzene ring substituents is 1. The monoisotopic (exact) mass is 432 g/mol. The van der Waals surface area contributed by atoms with Crippen LogP contribution >= 0.6 is 0 Å². The maximum atomic E-state index is 13.4. The van der Waals surface area contributed by atoms with Crippen molar-refractivity contribution < 1.29 is 32.5 Å². The summed E-state index contributed by atoms with van der Waals surface area (Å²) in [5.74, 6) is -4.19. The number of anilines is 1. The van der Waals surface area contributed by atoms with Crippen LogP contribution in [0.5, 0.6) is 0 Å². The Hall–Kier alpha value is -4.09. The molecule has 1 saturated heterocycles. The average Bonchev–Trinajstić information content (AvgIpc) is 3.27. The van der Waals surface area contributed by atoms with Gasteiger partial charge in [-0.15, -0.1) is 0 Å². The van der Waals surface area contributed by atoms with Crippen LogP contribution in [0.3, 0.4) is 0 Å². The van der Waals surface area contributed by atoms with Gasteiger partial charge in [0.15, 0.2) is 0 Å². The van der Waals surface area contributed by atoms with E-state index < -0.39 is 51.9 Å². The van der Waals surface area contributed by atoms with Crippen LogP contribution in [0.4, 0.5) is 24.5 Å². The molecule has 12 heteroatoms. The summed E-state index contributed by atoms with van der Waals surface area (Å²) in [6, 6.07) is 7.28. The van der Waals surface area contributed by atoms with Gasteiger partial charge < -0.3 is 0 Å². The zero-order valence-electron chi connectivity index (χ0n) is 15.3. The largest absolute Gasteiger partial charge is 0.418 e. The third-order valence-electron chi connectivity index (χ3n) is 4.95. The van der Waals surface area contributed by atoms with E-state index in [2.05, 4.69) is 10.5 Å². The molecule has 2 aliphatic heterocycles. The predicted molar refractivity (Wildman–Crippen MR) is 99.2 cm³/mol. The Balaban J connectivity index is 1.67. The number of nitro benzene ring substituents is 1. The number of para-hydroxylation sites is 1. The van der Waals surface area contributed by atoms with Crippen LogP contribution in [0.25, 0.3) is 0 Å². The van der Waals surface area contributed by atoms with Crippen molar-refractivity contribution in [2.24, 2.45) is 11.0 Å². The van der Waals surface area contributed by atoms with Gasteiger partial charge in [0, 0.05) is 17.7 Å². The minimum absolute atomic E-state index is 0.0267. The van der Waals surface area contributed by atoms with Crippen LogP contribution in [0.15, 0.2) is 53.6 Å². The zero-order valence-corrected chi connectivity index (χ0v) is 15.3. The Bertz CT molecular complexity index is 1160. The van der Waals surface area contributed by atoms with Crippen molar-refractivity contribution in [1.29, 1.82) is 0 Å². The van der Waals surface area contributed by atoms with Gasteiger partial charge >= 0.3 is 6.18 Å². The minimum atomic E-state index is -4.81. The Labute approximate surface area is 171 Å². The highest BCUT2D eigenvalue weighted by atomic mass is 19.4. The van der Waals surface area contributed by atoms with E-state index >= 15 is 0 Å². The van der Waals surface area contributed by atoms with Gasteiger partial charge in [0.25, 0.3) is 11.6 Å². The maximum Gasteiger partial charge on any atom is 0.418 e. The van der Waals surface area contributed by atoms with Crippen LogP contribution in [0.1, 0.15) is 15.9 Å². The highest BCUT2D eigenvalue weighted by Gasteiger charge is 2.56. The van der Waals surface area contributed by atoms with E-state index in [0.29, 0.717) is 4.90 Å². The van der Waals surface area contributed by atoms with E-state index in [1.807, 2.05) is 0 Å². The number of fused-ring (bicyclic) bond motifs is 1. The van der Waals surface area contributed by atoms with E-state index in [-0.39, 0.29) is 17.0 Å². The Kier molecular flexibility index (Phi) is 4.56. The second-order valence-electron chi connectivity index (χ2n) is 6.74. The molecule has 0 aromatic heterocycles. The van der Waals surface area contributed by atoms with Crippen molar-refractivity contribution >= 4 is 34.7 Å². The molecule has 9 nitrogen and oxygen atoms in total. The highest BCUT2D eigenvalue weighted by Crippen LogP contribution is 2.40. The predicted octanol–water partition coefficient (Wildman–Crippen LogP) is 2.31. The van der Waals surface area contributed by atoms with Gasteiger partial charge in [0.1, 0.15) is 17.7 Å². The van der Waals surface area contributed by atoms with E-state index in [4.69, 9.17) is 0 Å². The number of carbonyl (C=O) groups is 3. The van der Waals surface area contributed by atoms with Crippen molar-refractivity contribution in [2.45, 2.75) is 12.2 Å². The number of benzene rings is 2. The SMILES string of the molecule is O=C(C1=NNC2C(=O)N(c3ccccc3C(F)(F)F)C(=O)C12)c1ccc([N+](=O)[O-])cc1. The molecule has 0 saturated carbocycles. The lowest BCUT2D eigenvalue weighted by Crippen LogP contribution is -2.37. The number of rotatable bonds is 4. The quantitative estimate of drug-likeness (QED) is 0.343. The smallest absolute Gasteiger partial charge is 0.296 e. The molecule has 31 heavy (non-hydrogen) atoms. The van der Waals surface area contributed by atoms with Crippen LogP contribution in [-0.2, 0) is 15.8 Å². The van der Waals surface area contributed by atoms with Crippen molar-refractivity contribution in [3.05, 3.63) is 69.8 Å². The molecule has 2 heterocycles. The summed E-state index contributed by atoms with van der Waals surface area (Å²) in [5, 5.41) is 14.5. The number of carbonyl (C=O) groups excluding carboxylic acids is 3. The molecule has 0 bridgehead atoms. The molecule has 1 N–H and O–H groups in total. The average molecular weight is 432 g/mol. The normalized spacial score (nSPS) is 20.4. The molecule has 2 aromatic carbocycles. The molecule has 2 aliphatic rings. The molecule has 2 aromatic rings. The van der Waals surface area contributed by atoms with Crippen LogP contribution < -0.4 is 10.3 Å². The lowest BCUT2D eigenvalue weighted by Gasteiger charge is -2.20. The number of hydrazone groups is 1. The number of nitrogens with one attached hydrogen (secondary N) is 1. The van der Waals surface area contributed by atoms with Gasteiger partial charge in [-0.1, -0.05) is 12.1 Å². The molecular formula is C19H11F3N4O5. The fourth-order valence-electron chi connectivity index (χ4n) is 3.51. The number of imide groups is 1. The summed E-state index contributed by atoms with van der Waals surface area (Å²) >= 11 is 0. The van der Waals surface area contributed by atoms with E-state index in [1.165, 1.54) is 6.07 Å². The first kappa shape index (κ1) is 20.2. The van der Waals surface area contributed by atoms with Crippen molar-refractivity contribution in [1.82, 2.24) is 5.43 Å². The first-order valence-corrected chi connectivity index (χ1v) is 8.77. The molecule has 0 radical (unpaired) electrons. The Morgan fingerprint density at radius 1 is 1.06 bits per heavy atom. The molecule has 2 atom stereocenters. The van der Waals surface area contributed by atoms with Gasteiger partial charge in [0.2, 0.25) is 11.7 Å². The second kappa shape index (κ2) is 7.00. The van der Waals surface area contributed by atoms with Crippen LogP contribution in [0.2, 0.25) is 0 Å². The molecule has 158 valence electrons. The van der Waals surface area contributed by atoms with E-state index in [9.17, 15) is 37.7 Å². The molecule has 4 rings (SSSR count). The molecule has 1 fully saturated rings. The van der Waals surface area contributed by atoms with Crippen LogP contribution in [0, 0.1) is 16.0 Å². The second-order valence-corrected chi connectivity index (χ2v) is 6.74. The number of hydrogen-bond acceptors (Lipinski definition) is 7. The van der Waals surface area contributed by atoms with Gasteiger partial charge in [0.05, 0.1) is 16.2 Å². The number of nitro groups is 1. The molecule has 0 aliphatic carbocycles. The van der Waals surface area contributed by atoms with Crippen molar-refractivity contribution in [3.63, 3.8) is 0 Å². The van der Waals surface area contributed by atoms with Crippen molar-refractivity contribution in [3.8, 4) is 0 Å². The third-order valence-corrected chi connectivity index (χ3v) is 4.95. The summed E-state index contributed by atoms with van der Waals surface area (Å²) in [4.78, 5) is 49.0. The summed E-state index contributed by atoms with van der Waals surface area (Å²) in [6.45, 7) is 0. The number of hydrogen-bond donors (Lipinski definition) is 1. The van der Waals surface area contributed by atoms with Crippen molar-refractivity contribution in [2.75, 3.05) is 4.90 Å². The number of ketones is 1. The number of halogens is 3. The number of amides is 2. The van der Waals surface area contributed by atoms with E-state index in [1.54, 1.807) is 0 Å². The minimum Gasteiger partial charge on any atom is -0.296 e. The maximum absolute atomic E-state index is 13.4. The zero-order chi connectivity index (χ0) is 22.5. The highest BCUT2D eigenvalue weighted by molar-refractivity contribution is 6.52. The molecule has 2 amide bonds. The third kappa shape index (κ3) is 3.21. The molecule has 0 spiro atoms. The molecule has 2 unspecified atom stereocenters. The van der Waals surface area contributed by atoms with Gasteiger partial charge in [-0.3, -0.25) is 29.9 Å². The Morgan fingerprint density at radius 3 is 2.32 bits per heavy atom. The fourth-order valence-corrected chi connectivity index (χ4v) is 3.51. The number of Topliss-reactive ketones (excluding diaryl/α,β-unsaturated/α-hetero) is 1. The standard InChI is InChI=1S/C19H11F3N4O5/c20-19(21,22)11-3-1-2-4-12(11)25-17(28)13-14(23-24-15(13)18(25)29)16(27)9-5-7-10(8-6-9)26(30)31/h1-8,13,15,24H. The van der Waals surface area contributed by atoms with Gasteiger partial charge in [-0.2, -0.15) is 18.3 Å². The summed E-state index contributed by atoms with van der Waals surface area (Å²) in [6.07, 6.45) is -4.81. The topological polar surface area (TPSA) is 122 Å². The number of nitrogens with zero attached hydrogens (tertiary/aromatic N) is 3. The lowest BCUT2D eigenvalue weighted by molar-refractivity contribution is -0.384. The first-order chi connectivity index (χ1) is 14.6. The fraction of sp³-hybridized carbons (Fsp3) is 0.158. The summed E-state index contributed by atoms with van der Waals surface area (Å²) < 4.78 is 40.1. The summed E-state index contributed by atoms with van der Waals surface area (Å²) in [5.41, 5.74) is -0.0978.